The highest BCUT2D eigenvalue weighted by Crippen LogP contribution is 1.99. The lowest BCUT2D eigenvalue weighted by atomic mass is 10.3. The molecule has 0 spiro atoms. The topological polar surface area (TPSA) is 76.2 Å². The molecule has 0 radical (unpaired) electrons. The van der Waals surface area contributed by atoms with E-state index < -0.39 is 0 Å². The third-order valence-corrected chi connectivity index (χ3v) is 1.19. The fourth-order valence-corrected chi connectivity index (χ4v) is 0.695. The quantitative estimate of drug-likeness (QED) is 0.611. The minimum absolute atomic E-state index is 0.250. The van der Waals surface area contributed by atoms with Crippen molar-refractivity contribution in [3.05, 3.63) is 23.9 Å². The summed E-state index contributed by atoms with van der Waals surface area (Å²) in [5, 5.41) is 6.89. The molecule has 0 unspecified atom stereocenters. The van der Waals surface area contributed by atoms with Gasteiger partial charge in [-0.05, 0) is 18.6 Å². The highest BCUT2D eigenvalue weighted by atomic mass is 16.3. The van der Waals surface area contributed by atoms with Crippen LogP contribution >= 0.6 is 0 Å². The molecule has 12 heavy (non-hydrogen) atoms. The fourth-order valence-electron chi connectivity index (χ4n) is 0.695. The maximum Gasteiger partial charge on any atom is 0.290 e. The molecule has 0 fully saturated rings. The van der Waals surface area contributed by atoms with Gasteiger partial charge in [-0.1, -0.05) is 13.0 Å². The Morgan fingerprint density at radius 3 is 2.58 bits per heavy atom. The number of hydrogen-bond donors (Lipinski definition) is 2. The Kier molecular flexibility index (Phi) is 5.34. The molecule has 0 aliphatic carbocycles. The Labute approximate surface area is 71.0 Å². The number of hydrogen-bond acceptors (Lipinski definition) is 3. The largest absolute Gasteiger partial charge is 0.483 e. The van der Waals surface area contributed by atoms with Gasteiger partial charge in [-0.2, -0.15) is 0 Å². The SMILES string of the molecule is CCc1cccc(N)n1.O=CO. The fraction of sp³-hybridized carbons (Fsp3) is 0.250. The van der Waals surface area contributed by atoms with Crippen molar-refractivity contribution in [2.24, 2.45) is 0 Å². The van der Waals surface area contributed by atoms with Crippen LogP contribution < -0.4 is 5.73 Å². The van der Waals surface area contributed by atoms with Crippen LogP contribution in [0.1, 0.15) is 12.6 Å². The van der Waals surface area contributed by atoms with Crippen LogP contribution in [-0.4, -0.2) is 16.6 Å². The number of pyridine rings is 1. The smallest absolute Gasteiger partial charge is 0.290 e. The first-order chi connectivity index (χ1) is 5.74. The van der Waals surface area contributed by atoms with Gasteiger partial charge in [0.1, 0.15) is 5.82 Å². The standard InChI is InChI=1S/C7H10N2.CH2O2/c1-2-6-4-3-5-7(8)9-6;2-1-3/h3-5H,2H2,1H3,(H2,8,9);1H,(H,2,3). The third kappa shape index (κ3) is 4.27. The number of carbonyl (C=O) groups is 1. The van der Waals surface area contributed by atoms with Crippen LogP contribution in [0.15, 0.2) is 18.2 Å². The summed E-state index contributed by atoms with van der Waals surface area (Å²) in [5.41, 5.74) is 6.47. The Morgan fingerprint density at radius 2 is 2.25 bits per heavy atom. The summed E-state index contributed by atoms with van der Waals surface area (Å²) in [6.45, 7) is 1.81. The van der Waals surface area contributed by atoms with E-state index in [-0.39, 0.29) is 6.47 Å². The van der Waals surface area contributed by atoms with E-state index in [0.29, 0.717) is 5.82 Å². The van der Waals surface area contributed by atoms with Crippen LogP contribution in [0.25, 0.3) is 0 Å². The monoisotopic (exact) mass is 168 g/mol. The Hall–Kier alpha value is -1.58. The molecule has 0 saturated heterocycles. The molecule has 1 heterocycles. The number of aryl methyl sites for hydroxylation is 1. The number of aromatic nitrogens is 1. The minimum atomic E-state index is -0.250. The van der Waals surface area contributed by atoms with Gasteiger partial charge in [0.05, 0.1) is 0 Å². The van der Waals surface area contributed by atoms with Crippen molar-refractivity contribution < 1.29 is 9.90 Å². The van der Waals surface area contributed by atoms with E-state index in [9.17, 15) is 0 Å². The predicted octanol–water partition coefficient (Wildman–Crippen LogP) is 0.927. The predicted molar refractivity (Wildman–Crippen MR) is 46.7 cm³/mol. The molecule has 0 saturated carbocycles. The number of anilines is 1. The van der Waals surface area contributed by atoms with Gasteiger partial charge in [0.2, 0.25) is 0 Å². The molecule has 4 heteroatoms. The van der Waals surface area contributed by atoms with Crippen molar-refractivity contribution in [3.8, 4) is 0 Å². The molecular weight excluding hydrogens is 156 g/mol. The number of nitrogens with zero attached hydrogens (tertiary/aromatic N) is 1. The summed E-state index contributed by atoms with van der Waals surface area (Å²) in [6.07, 6.45) is 0.949. The Bertz CT molecular complexity index is 238. The molecule has 0 aromatic carbocycles. The van der Waals surface area contributed by atoms with Crippen molar-refractivity contribution in [1.82, 2.24) is 4.98 Å². The van der Waals surface area contributed by atoms with E-state index in [0.717, 1.165) is 12.1 Å². The highest BCUT2D eigenvalue weighted by molar-refractivity contribution is 5.32. The number of rotatable bonds is 1. The van der Waals surface area contributed by atoms with Crippen LogP contribution in [-0.2, 0) is 11.2 Å². The first-order valence-corrected chi connectivity index (χ1v) is 3.53. The van der Waals surface area contributed by atoms with Gasteiger partial charge in [0, 0.05) is 5.69 Å². The zero-order valence-corrected chi connectivity index (χ0v) is 6.90. The van der Waals surface area contributed by atoms with Gasteiger partial charge < -0.3 is 10.8 Å². The van der Waals surface area contributed by atoms with Gasteiger partial charge >= 0.3 is 0 Å². The molecular formula is C8H12N2O2. The zero-order chi connectivity index (χ0) is 9.40. The van der Waals surface area contributed by atoms with Crippen LogP contribution in [0.2, 0.25) is 0 Å². The molecule has 3 N–H and O–H groups in total. The van der Waals surface area contributed by atoms with E-state index in [1.54, 1.807) is 6.07 Å². The maximum absolute atomic E-state index is 8.36. The van der Waals surface area contributed by atoms with E-state index in [2.05, 4.69) is 11.9 Å². The van der Waals surface area contributed by atoms with E-state index in [1.807, 2.05) is 12.1 Å². The summed E-state index contributed by atoms with van der Waals surface area (Å²) < 4.78 is 0. The first kappa shape index (κ1) is 10.4. The summed E-state index contributed by atoms with van der Waals surface area (Å²) in [5.74, 6) is 0.606. The molecule has 0 bridgehead atoms. The Balaban J connectivity index is 0.000000354. The van der Waals surface area contributed by atoms with Gasteiger partial charge in [-0.25, -0.2) is 4.98 Å². The third-order valence-electron chi connectivity index (χ3n) is 1.19. The summed E-state index contributed by atoms with van der Waals surface area (Å²) in [6, 6.07) is 5.68. The number of nitrogen functional groups attached to an aromatic ring is 1. The van der Waals surface area contributed by atoms with Crippen molar-refractivity contribution in [3.63, 3.8) is 0 Å². The second kappa shape index (κ2) is 6.15. The van der Waals surface area contributed by atoms with Crippen LogP contribution in [0.5, 0.6) is 0 Å². The summed E-state index contributed by atoms with van der Waals surface area (Å²) >= 11 is 0. The molecule has 1 aromatic rings. The van der Waals surface area contributed by atoms with Crippen LogP contribution in [0, 0.1) is 0 Å². The molecule has 0 aliphatic rings. The zero-order valence-electron chi connectivity index (χ0n) is 6.90. The average molecular weight is 168 g/mol. The minimum Gasteiger partial charge on any atom is -0.483 e. The van der Waals surface area contributed by atoms with Crippen molar-refractivity contribution in [2.75, 3.05) is 5.73 Å². The summed E-state index contributed by atoms with van der Waals surface area (Å²) in [4.78, 5) is 12.4. The van der Waals surface area contributed by atoms with E-state index >= 15 is 0 Å². The van der Waals surface area contributed by atoms with Crippen molar-refractivity contribution >= 4 is 12.3 Å². The van der Waals surface area contributed by atoms with Crippen molar-refractivity contribution in [2.45, 2.75) is 13.3 Å². The molecule has 4 nitrogen and oxygen atoms in total. The van der Waals surface area contributed by atoms with E-state index in [4.69, 9.17) is 15.6 Å². The highest BCUT2D eigenvalue weighted by Gasteiger charge is 1.87. The van der Waals surface area contributed by atoms with Crippen molar-refractivity contribution in [1.29, 1.82) is 0 Å². The lowest BCUT2D eigenvalue weighted by molar-refractivity contribution is -0.122. The normalized spacial score (nSPS) is 8.08. The number of carboxylic acid groups (broad SMARTS) is 1. The Morgan fingerprint density at radius 1 is 1.67 bits per heavy atom. The number of nitrogens with two attached hydrogens (primary N) is 1. The molecule has 0 amide bonds. The van der Waals surface area contributed by atoms with Crippen LogP contribution in [0.3, 0.4) is 0 Å². The van der Waals surface area contributed by atoms with Gasteiger partial charge in [-0.15, -0.1) is 0 Å². The van der Waals surface area contributed by atoms with Crippen LogP contribution in [0.4, 0.5) is 5.82 Å². The van der Waals surface area contributed by atoms with Gasteiger partial charge in [-0.3, -0.25) is 4.79 Å². The molecule has 1 rings (SSSR count). The molecule has 0 aliphatic heterocycles. The first-order valence-electron chi connectivity index (χ1n) is 3.53. The molecule has 66 valence electrons. The van der Waals surface area contributed by atoms with Gasteiger partial charge in [0.25, 0.3) is 6.47 Å². The lowest BCUT2D eigenvalue weighted by Gasteiger charge is -1.94. The van der Waals surface area contributed by atoms with E-state index in [1.165, 1.54) is 0 Å². The summed E-state index contributed by atoms with van der Waals surface area (Å²) in [7, 11) is 0. The molecule has 0 atom stereocenters. The second-order valence-corrected chi connectivity index (χ2v) is 2.01. The second-order valence-electron chi connectivity index (χ2n) is 2.01. The lowest BCUT2D eigenvalue weighted by Crippen LogP contribution is -1.92. The molecule has 1 aromatic heterocycles. The van der Waals surface area contributed by atoms with Gasteiger partial charge in [0.15, 0.2) is 0 Å². The maximum atomic E-state index is 8.36. The average Bonchev–Trinajstić information content (AvgIpc) is 2.06.